The van der Waals surface area contributed by atoms with Crippen LogP contribution in [0.5, 0.6) is 0 Å². The number of carbonyl (C=O) groups excluding carboxylic acids is 1. The van der Waals surface area contributed by atoms with Crippen LogP contribution in [0.2, 0.25) is 0 Å². The number of rotatable bonds is 2. The summed E-state index contributed by atoms with van der Waals surface area (Å²) in [7, 11) is 0. The third-order valence-electron chi connectivity index (χ3n) is 2.39. The van der Waals surface area contributed by atoms with E-state index in [0.717, 1.165) is 5.56 Å². The summed E-state index contributed by atoms with van der Waals surface area (Å²) in [4.78, 5) is 11.7. The Morgan fingerprint density at radius 1 is 1.05 bits per heavy atom. The van der Waals surface area contributed by atoms with Gasteiger partial charge in [-0.1, -0.05) is 12.0 Å². The molecule has 0 saturated heterocycles. The first-order valence-corrected chi connectivity index (χ1v) is 5.57. The minimum absolute atomic E-state index is 0.387. The largest absolute Gasteiger partial charge is 0.323 e. The van der Waals surface area contributed by atoms with Crippen molar-refractivity contribution in [1.29, 1.82) is 0 Å². The van der Waals surface area contributed by atoms with E-state index in [0.29, 0.717) is 11.4 Å². The lowest BCUT2D eigenvalue weighted by Crippen LogP contribution is -2.19. The van der Waals surface area contributed by atoms with Gasteiger partial charge in [0.25, 0.3) is 0 Å². The van der Waals surface area contributed by atoms with Crippen LogP contribution in [0.25, 0.3) is 0 Å². The fourth-order valence-electron chi connectivity index (χ4n) is 1.51. The first kappa shape index (κ1) is 12.7. The maximum Gasteiger partial charge on any atom is 0.323 e. The van der Waals surface area contributed by atoms with Crippen LogP contribution in [-0.4, -0.2) is 6.03 Å². The quantitative estimate of drug-likeness (QED) is 0.792. The van der Waals surface area contributed by atoms with E-state index in [1.165, 1.54) is 18.2 Å². The maximum absolute atomic E-state index is 12.9. The van der Waals surface area contributed by atoms with Crippen molar-refractivity contribution in [3.63, 3.8) is 0 Å². The van der Waals surface area contributed by atoms with Gasteiger partial charge in [0.1, 0.15) is 5.82 Å². The van der Waals surface area contributed by atoms with Crippen molar-refractivity contribution < 1.29 is 9.18 Å². The number of urea groups is 1. The summed E-state index contributed by atoms with van der Waals surface area (Å²) in [6, 6.07) is 12.1. The molecule has 0 spiro atoms. The van der Waals surface area contributed by atoms with E-state index in [-0.39, 0.29) is 0 Å². The smallest absolute Gasteiger partial charge is 0.308 e. The third-order valence-corrected chi connectivity index (χ3v) is 2.39. The summed E-state index contributed by atoms with van der Waals surface area (Å²) in [6.45, 7) is 0. The molecule has 0 unspecified atom stereocenters. The van der Waals surface area contributed by atoms with Gasteiger partial charge in [0.15, 0.2) is 0 Å². The lowest BCUT2D eigenvalue weighted by atomic mass is 10.2. The Morgan fingerprint density at radius 3 is 2.37 bits per heavy atom. The summed E-state index contributed by atoms with van der Waals surface area (Å²) >= 11 is 0. The highest BCUT2D eigenvalue weighted by Gasteiger charge is 2.03. The molecule has 4 heteroatoms. The van der Waals surface area contributed by atoms with E-state index >= 15 is 0 Å². The number of hydrogen-bond donors (Lipinski definition) is 2. The summed E-state index contributed by atoms with van der Waals surface area (Å²) in [5.41, 5.74) is 1.72. The number of terminal acetylenes is 1. The molecule has 0 radical (unpaired) electrons. The zero-order chi connectivity index (χ0) is 13.7. The van der Waals surface area contributed by atoms with E-state index in [1.54, 1.807) is 30.3 Å². The third kappa shape index (κ3) is 3.58. The number of carbonyl (C=O) groups is 1. The predicted octanol–water partition coefficient (Wildman–Crippen LogP) is 3.45. The van der Waals surface area contributed by atoms with Gasteiger partial charge in [-0.25, -0.2) is 9.18 Å². The highest BCUT2D eigenvalue weighted by atomic mass is 19.1. The molecule has 2 aromatic carbocycles. The molecule has 0 aromatic heterocycles. The standard InChI is InChI=1S/C15H11FN2O/c1-2-11-6-8-13(9-7-11)17-15(19)18-14-5-3-4-12(16)10-14/h1,3-10H,(H2,17,18,19). The molecule has 2 aromatic rings. The lowest BCUT2D eigenvalue weighted by molar-refractivity contribution is 0.262. The number of hydrogen-bond acceptors (Lipinski definition) is 1. The minimum Gasteiger partial charge on any atom is -0.308 e. The highest BCUT2D eigenvalue weighted by molar-refractivity contribution is 5.99. The molecule has 0 heterocycles. The molecule has 0 aliphatic heterocycles. The molecule has 0 fully saturated rings. The molecule has 0 bridgehead atoms. The normalized spacial score (nSPS) is 9.47. The first-order valence-electron chi connectivity index (χ1n) is 5.57. The van der Waals surface area contributed by atoms with E-state index in [4.69, 9.17) is 6.42 Å². The van der Waals surface area contributed by atoms with Crippen molar-refractivity contribution in [3.05, 3.63) is 59.9 Å². The molecule has 19 heavy (non-hydrogen) atoms. The van der Waals surface area contributed by atoms with Crippen molar-refractivity contribution >= 4 is 17.4 Å². The van der Waals surface area contributed by atoms with Gasteiger partial charge in [0, 0.05) is 16.9 Å². The van der Waals surface area contributed by atoms with Crippen molar-refractivity contribution in [2.75, 3.05) is 10.6 Å². The van der Waals surface area contributed by atoms with Crippen LogP contribution in [0.3, 0.4) is 0 Å². The molecule has 2 rings (SSSR count). The van der Waals surface area contributed by atoms with Crippen molar-refractivity contribution in [2.45, 2.75) is 0 Å². The molecule has 0 aliphatic rings. The lowest BCUT2D eigenvalue weighted by Gasteiger charge is -2.07. The second-order valence-electron chi connectivity index (χ2n) is 3.81. The molecule has 0 atom stereocenters. The summed E-state index contributed by atoms with van der Waals surface area (Å²) in [6.07, 6.45) is 5.23. The van der Waals surface area contributed by atoms with E-state index < -0.39 is 11.8 Å². The SMILES string of the molecule is C#Cc1ccc(NC(=O)Nc2cccc(F)c2)cc1. The average molecular weight is 254 g/mol. The topological polar surface area (TPSA) is 41.1 Å². The zero-order valence-corrected chi connectivity index (χ0v) is 9.98. The van der Waals surface area contributed by atoms with Crippen LogP contribution in [-0.2, 0) is 0 Å². The molecule has 3 nitrogen and oxygen atoms in total. The monoisotopic (exact) mass is 254 g/mol. The molecule has 0 aliphatic carbocycles. The summed E-state index contributed by atoms with van der Waals surface area (Å²) < 4.78 is 12.9. The van der Waals surface area contributed by atoms with Crippen molar-refractivity contribution in [2.24, 2.45) is 0 Å². The van der Waals surface area contributed by atoms with Crippen molar-refractivity contribution in [3.8, 4) is 12.3 Å². The van der Waals surface area contributed by atoms with Gasteiger partial charge in [0.05, 0.1) is 0 Å². The minimum atomic E-state index is -0.445. The number of amides is 2. The number of benzene rings is 2. The number of nitrogens with one attached hydrogen (secondary N) is 2. The van der Waals surface area contributed by atoms with E-state index in [9.17, 15) is 9.18 Å². The molecular formula is C15H11FN2O. The Kier molecular flexibility index (Phi) is 3.79. The molecule has 2 N–H and O–H groups in total. The maximum atomic E-state index is 12.9. The Balaban J connectivity index is 1.99. The predicted molar refractivity (Wildman–Crippen MR) is 73.4 cm³/mol. The van der Waals surface area contributed by atoms with E-state index in [2.05, 4.69) is 16.6 Å². The summed E-state index contributed by atoms with van der Waals surface area (Å²) in [5.74, 6) is 2.08. The molecule has 0 saturated carbocycles. The Morgan fingerprint density at radius 2 is 1.74 bits per heavy atom. The Hall–Kier alpha value is -2.80. The van der Waals surface area contributed by atoms with Crippen LogP contribution < -0.4 is 10.6 Å². The van der Waals surface area contributed by atoms with Gasteiger partial charge < -0.3 is 10.6 Å². The van der Waals surface area contributed by atoms with E-state index in [1.807, 2.05) is 0 Å². The van der Waals surface area contributed by atoms with Gasteiger partial charge in [-0.15, -0.1) is 6.42 Å². The van der Waals surface area contributed by atoms with Crippen molar-refractivity contribution in [1.82, 2.24) is 0 Å². The fourth-order valence-corrected chi connectivity index (χ4v) is 1.51. The molecular weight excluding hydrogens is 243 g/mol. The van der Waals surface area contributed by atoms with Gasteiger partial charge in [-0.3, -0.25) is 0 Å². The zero-order valence-electron chi connectivity index (χ0n) is 9.98. The van der Waals surface area contributed by atoms with Crippen LogP contribution in [0, 0.1) is 18.2 Å². The van der Waals surface area contributed by atoms with Crippen LogP contribution >= 0.6 is 0 Å². The van der Waals surface area contributed by atoms with Gasteiger partial charge >= 0.3 is 6.03 Å². The molecule has 94 valence electrons. The fraction of sp³-hybridized carbons (Fsp3) is 0. The van der Waals surface area contributed by atoms with Crippen LogP contribution in [0.4, 0.5) is 20.6 Å². The Bertz CT molecular complexity index is 629. The van der Waals surface area contributed by atoms with Crippen LogP contribution in [0.15, 0.2) is 48.5 Å². The van der Waals surface area contributed by atoms with Gasteiger partial charge in [-0.05, 0) is 42.5 Å². The highest BCUT2D eigenvalue weighted by Crippen LogP contribution is 2.12. The number of halogens is 1. The van der Waals surface area contributed by atoms with Gasteiger partial charge in [-0.2, -0.15) is 0 Å². The second-order valence-corrected chi connectivity index (χ2v) is 3.81. The van der Waals surface area contributed by atoms with Crippen LogP contribution in [0.1, 0.15) is 5.56 Å². The van der Waals surface area contributed by atoms with Gasteiger partial charge in [0.2, 0.25) is 0 Å². The second kappa shape index (κ2) is 5.69. The summed E-state index contributed by atoms with van der Waals surface area (Å²) in [5, 5.41) is 5.15. The first-order chi connectivity index (χ1) is 9.17. The Labute approximate surface area is 110 Å². The number of anilines is 2. The average Bonchev–Trinajstić information content (AvgIpc) is 2.39. The molecule has 2 amide bonds.